The third-order valence-electron chi connectivity index (χ3n) is 4.83. The summed E-state index contributed by atoms with van der Waals surface area (Å²) < 4.78 is 0. The van der Waals surface area contributed by atoms with Gasteiger partial charge in [0.15, 0.2) is 0 Å². The van der Waals surface area contributed by atoms with Gasteiger partial charge >= 0.3 is 0 Å². The van der Waals surface area contributed by atoms with E-state index in [0.717, 1.165) is 12.2 Å². The lowest BCUT2D eigenvalue weighted by atomic mass is 10.1. The van der Waals surface area contributed by atoms with Gasteiger partial charge in [-0.1, -0.05) is 60.7 Å². The first-order chi connectivity index (χ1) is 12.8. The predicted molar refractivity (Wildman–Crippen MR) is 105 cm³/mol. The third kappa shape index (κ3) is 4.01. The summed E-state index contributed by atoms with van der Waals surface area (Å²) in [5, 5.41) is 6.57. The monoisotopic (exact) mass is 342 g/mol. The number of carbonyl (C=O) groups is 1. The maximum Gasteiger partial charge on any atom is 0.255 e. The molecule has 1 aliphatic carbocycles. The van der Waals surface area contributed by atoms with Crippen LogP contribution in [0.4, 0.5) is 5.69 Å². The lowest BCUT2D eigenvalue weighted by molar-refractivity contribution is 0.102. The molecule has 0 heterocycles. The second-order valence-electron chi connectivity index (χ2n) is 6.76. The number of rotatable bonds is 6. The molecule has 3 aromatic rings. The van der Waals surface area contributed by atoms with Gasteiger partial charge in [-0.2, -0.15) is 0 Å². The first kappa shape index (κ1) is 16.6. The lowest BCUT2D eigenvalue weighted by Crippen LogP contribution is -2.17. The van der Waals surface area contributed by atoms with Crippen LogP contribution in [-0.2, 0) is 6.54 Å². The summed E-state index contributed by atoms with van der Waals surface area (Å²) in [6.07, 6.45) is 1.17. The number of amides is 1. The van der Waals surface area contributed by atoms with Crippen LogP contribution in [-0.4, -0.2) is 11.9 Å². The Morgan fingerprint density at radius 2 is 1.50 bits per heavy atom. The van der Waals surface area contributed by atoms with Crippen LogP contribution in [0.15, 0.2) is 84.9 Å². The van der Waals surface area contributed by atoms with Crippen LogP contribution in [0.25, 0.3) is 0 Å². The first-order valence-corrected chi connectivity index (χ1v) is 9.03. The van der Waals surface area contributed by atoms with Gasteiger partial charge in [-0.15, -0.1) is 0 Å². The zero-order chi connectivity index (χ0) is 17.8. The van der Waals surface area contributed by atoms with E-state index in [4.69, 9.17) is 0 Å². The van der Waals surface area contributed by atoms with Gasteiger partial charge in [0, 0.05) is 29.8 Å². The van der Waals surface area contributed by atoms with Crippen molar-refractivity contribution in [3.8, 4) is 0 Å². The van der Waals surface area contributed by atoms with E-state index in [1.807, 2.05) is 48.5 Å². The Balaban J connectivity index is 1.30. The minimum absolute atomic E-state index is 0.0767. The largest absolute Gasteiger partial charge is 0.322 e. The molecule has 1 aliphatic rings. The molecule has 2 N–H and O–H groups in total. The molecule has 3 heteroatoms. The lowest BCUT2D eigenvalue weighted by Gasteiger charge is -2.07. The molecule has 1 amide bonds. The minimum Gasteiger partial charge on any atom is -0.322 e. The molecule has 1 saturated carbocycles. The van der Waals surface area contributed by atoms with Crippen LogP contribution in [0.2, 0.25) is 0 Å². The van der Waals surface area contributed by atoms with Gasteiger partial charge in [0.1, 0.15) is 0 Å². The summed E-state index contributed by atoms with van der Waals surface area (Å²) in [6.45, 7) is 0.910. The normalized spacial score (nSPS) is 18.3. The van der Waals surface area contributed by atoms with E-state index >= 15 is 0 Å². The van der Waals surface area contributed by atoms with Gasteiger partial charge in [0.25, 0.3) is 5.91 Å². The highest BCUT2D eigenvalue weighted by Gasteiger charge is 2.37. The van der Waals surface area contributed by atoms with Gasteiger partial charge in [-0.05, 0) is 41.8 Å². The van der Waals surface area contributed by atoms with Crippen LogP contribution in [0.3, 0.4) is 0 Å². The molecule has 0 saturated heterocycles. The minimum atomic E-state index is -0.0767. The second kappa shape index (κ2) is 7.54. The van der Waals surface area contributed by atoms with E-state index < -0.39 is 0 Å². The zero-order valence-electron chi connectivity index (χ0n) is 14.6. The molecule has 2 atom stereocenters. The summed E-state index contributed by atoms with van der Waals surface area (Å²) in [4.78, 5) is 12.2. The van der Waals surface area contributed by atoms with Gasteiger partial charge < -0.3 is 10.6 Å². The number of hydrogen-bond acceptors (Lipinski definition) is 2. The number of anilines is 1. The van der Waals surface area contributed by atoms with Crippen LogP contribution >= 0.6 is 0 Å². The summed E-state index contributed by atoms with van der Waals surface area (Å²) in [5.41, 5.74) is 4.14. The third-order valence-corrected chi connectivity index (χ3v) is 4.83. The van der Waals surface area contributed by atoms with Crippen molar-refractivity contribution in [2.75, 3.05) is 5.32 Å². The molecule has 3 nitrogen and oxygen atoms in total. The molecule has 0 aromatic heterocycles. The van der Waals surface area contributed by atoms with Gasteiger partial charge in [-0.3, -0.25) is 4.79 Å². The number of benzene rings is 3. The summed E-state index contributed by atoms with van der Waals surface area (Å²) >= 11 is 0. The smallest absolute Gasteiger partial charge is 0.255 e. The van der Waals surface area contributed by atoms with Crippen molar-refractivity contribution in [2.24, 2.45) is 0 Å². The Kier molecular flexibility index (Phi) is 4.80. The summed E-state index contributed by atoms with van der Waals surface area (Å²) in [5.74, 6) is 0.491. The average molecular weight is 342 g/mol. The van der Waals surface area contributed by atoms with Crippen LogP contribution in [0.5, 0.6) is 0 Å². The highest BCUT2D eigenvalue weighted by atomic mass is 16.1. The second-order valence-corrected chi connectivity index (χ2v) is 6.76. The zero-order valence-corrected chi connectivity index (χ0v) is 14.6. The Morgan fingerprint density at radius 3 is 2.19 bits per heavy atom. The highest BCUT2D eigenvalue weighted by molar-refractivity contribution is 6.04. The average Bonchev–Trinajstić information content (AvgIpc) is 3.48. The number of nitrogens with one attached hydrogen (secondary N) is 2. The van der Waals surface area contributed by atoms with Crippen molar-refractivity contribution < 1.29 is 4.79 Å². The Hall–Kier alpha value is -2.91. The van der Waals surface area contributed by atoms with Crippen molar-refractivity contribution in [1.82, 2.24) is 5.32 Å². The molecular formula is C23H22N2O. The first-order valence-electron chi connectivity index (χ1n) is 9.03. The van der Waals surface area contributed by atoms with Gasteiger partial charge in [0.05, 0.1) is 0 Å². The number of hydrogen-bond donors (Lipinski definition) is 2. The summed E-state index contributed by atoms with van der Waals surface area (Å²) in [6, 6.07) is 28.5. The van der Waals surface area contributed by atoms with Crippen molar-refractivity contribution in [3.63, 3.8) is 0 Å². The standard InChI is InChI=1S/C23H22N2O/c26-23(19-9-5-2-6-10-19)25-20-13-11-18(12-14-20)21-15-22(21)24-16-17-7-3-1-4-8-17/h1-14,21-22,24H,15-16H2,(H,25,26). The highest BCUT2D eigenvalue weighted by Crippen LogP contribution is 2.41. The molecular weight excluding hydrogens is 320 g/mol. The van der Waals surface area contributed by atoms with Crippen molar-refractivity contribution in [2.45, 2.75) is 24.9 Å². The van der Waals surface area contributed by atoms with Gasteiger partial charge in [-0.25, -0.2) is 0 Å². The van der Waals surface area contributed by atoms with Crippen molar-refractivity contribution >= 4 is 11.6 Å². The molecule has 0 radical (unpaired) electrons. The molecule has 4 rings (SSSR count). The number of carbonyl (C=O) groups excluding carboxylic acids is 1. The van der Waals surface area contributed by atoms with Crippen molar-refractivity contribution in [1.29, 1.82) is 0 Å². The van der Waals surface area contributed by atoms with Gasteiger partial charge in [0.2, 0.25) is 0 Å². The van der Waals surface area contributed by atoms with Crippen LogP contribution < -0.4 is 10.6 Å². The van der Waals surface area contributed by atoms with Crippen LogP contribution in [0.1, 0.15) is 33.8 Å². The fraction of sp³-hybridized carbons (Fsp3) is 0.174. The van der Waals surface area contributed by atoms with E-state index in [9.17, 15) is 4.79 Å². The molecule has 0 aliphatic heterocycles. The van der Waals surface area contributed by atoms with E-state index in [1.54, 1.807) is 0 Å². The van der Waals surface area contributed by atoms with E-state index in [-0.39, 0.29) is 5.91 Å². The van der Waals surface area contributed by atoms with E-state index in [2.05, 4.69) is 47.0 Å². The molecule has 1 fully saturated rings. The molecule has 0 spiro atoms. The Morgan fingerprint density at radius 1 is 0.846 bits per heavy atom. The topological polar surface area (TPSA) is 41.1 Å². The van der Waals surface area contributed by atoms with Crippen LogP contribution in [0, 0.1) is 0 Å². The molecule has 26 heavy (non-hydrogen) atoms. The SMILES string of the molecule is O=C(Nc1ccc(C2CC2NCc2ccccc2)cc1)c1ccccc1. The Labute approximate surface area is 154 Å². The Bertz CT molecular complexity index is 860. The quantitative estimate of drug-likeness (QED) is 0.688. The molecule has 3 aromatic carbocycles. The van der Waals surface area contributed by atoms with Crippen molar-refractivity contribution in [3.05, 3.63) is 102 Å². The molecule has 130 valence electrons. The van der Waals surface area contributed by atoms with E-state index in [1.165, 1.54) is 17.5 Å². The fourth-order valence-electron chi connectivity index (χ4n) is 3.24. The maximum absolute atomic E-state index is 12.2. The maximum atomic E-state index is 12.2. The molecule has 2 unspecified atom stereocenters. The summed E-state index contributed by atoms with van der Waals surface area (Å²) in [7, 11) is 0. The predicted octanol–water partition coefficient (Wildman–Crippen LogP) is 4.58. The molecule has 0 bridgehead atoms. The van der Waals surface area contributed by atoms with E-state index in [0.29, 0.717) is 17.5 Å². The fourth-order valence-corrected chi connectivity index (χ4v) is 3.24.